The molecule has 0 aliphatic heterocycles. The van der Waals surface area contributed by atoms with E-state index in [1.807, 2.05) is 0 Å². The summed E-state index contributed by atoms with van der Waals surface area (Å²) >= 11 is 4.98. The van der Waals surface area contributed by atoms with Gasteiger partial charge in [-0.2, -0.15) is 5.26 Å². The van der Waals surface area contributed by atoms with Crippen molar-refractivity contribution in [1.82, 2.24) is 0 Å². The molecule has 0 fully saturated rings. The molecule has 0 saturated carbocycles. The third-order valence-corrected chi connectivity index (χ3v) is 0.587. The molecule has 2 nitrogen and oxygen atoms in total. The third-order valence-electron chi connectivity index (χ3n) is 0.295. The first kappa shape index (κ1) is 10.7. The second-order valence-electron chi connectivity index (χ2n) is 0.799. The molecule has 0 radical (unpaired) electrons. The number of alkyl halides is 1. The number of rotatable bonds is 1. The summed E-state index contributed by atoms with van der Waals surface area (Å²) in [4.78, 5) is 0. The average molecular weight is 130 g/mol. The maximum absolute atomic E-state index is 8.17. The number of aliphatic hydroxyl groups is 1. The van der Waals surface area contributed by atoms with Crippen LogP contribution in [0.4, 0.5) is 0 Å². The number of halogens is 1. The topological polar surface area (TPSA) is 44.0 Å². The van der Waals surface area contributed by atoms with Crippen molar-refractivity contribution >= 4 is 41.2 Å². The van der Waals surface area contributed by atoms with Gasteiger partial charge in [0.1, 0.15) is 0 Å². The van der Waals surface area contributed by atoms with Crippen LogP contribution in [0.2, 0.25) is 0 Å². The van der Waals surface area contributed by atoms with Crippen molar-refractivity contribution in [3.8, 4) is 6.07 Å². The van der Waals surface area contributed by atoms with Gasteiger partial charge in [0.15, 0.2) is 6.10 Å². The summed E-state index contributed by atoms with van der Waals surface area (Å²) in [6.07, 6.45) is -0.994. The van der Waals surface area contributed by atoms with Crippen LogP contribution in [-0.2, 0) is 0 Å². The molecule has 0 rings (SSSR count). The van der Waals surface area contributed by atoms with E-state index >= 15 is 0 Å². The first-order valence-corrected chi connectivity index (χ1v) is 1.98. The zero-order chi connectivity index (χ0) is 4.99. The second-order valence-corrected chi connectivity index (χ2v) is 1.11. The van der Waals surface area contributed by atoms with Gasteiger partial charge in [-0.25, -0.2) is 0 Å². The van der Waals surface area contributed by atoms with Crippen molar-refractivity contribution in [2.75, 3.05) is 5.88 Å². The Labute approximate surface area is 69.4 Å². The van der Waals surface area contributed by atoms with Crippen LogP contribution < -0.4 is 0 Å². The van der Waals surface area contributed by atoms with E-state index in [1.165, 1.54) is 6.07 Å². The monoisotopic (exact) mass is 129 g/mol. The van der Waals surface area contributed by atoms with E-state index in [4.69, 9.17) is 22.0 Å². The molecule has 0 spiro atoms. The first-order valence-electron chi connectivity index (χ1n) is 1.45. The van der Waals surface area contributed by atoms with Crippen LogP contribution in [0.25, 0.3) is 0 Å². The fourth-order valence-corrected chi connectivity index (χ4v) is 0.104. The molecular formula is C3H5ClNNaO. The van der Waals surface area contributed by atoms with Gasteiger partial charge < -0.3 is 5.11 Å². The summed E-state index contributed by atoms with van der Waals surface area (Å²) in [5.41, 5.74) is 0. The van der Waals surface area contributed by atoms with E-state index in [-0.39, 0.29) is 35.4 Å². The van der Waals surface area contributed by atoms with Gasteiger partial charge in [-0.1, -0.05) is 0 Å². The summed E-state index contributed by atoms with van der Waals surface area (Å²) in [7, 11) is 0. The Morgan fingerprint density at radius 1 is 1.86 bits per heavy atom. The zero-order valence-corrected chi connectivity index (χ0v) is 3.81. The molecule has 0 aliphatic carbocycles. The number of hydrogen-bond acceptors (Lipinski definition) is 2. The summed E-state index contributed by atoms with van der Waals surface area (Å²) in [5.74, 6) is -0.00347. The van der Waals surface area contributed by atoms with E-state index in [1.54, 1.807) is 0 Å². The Morgan fingerprint density at radius 3 is 2.29 bits per heavy atom. The standard InChI is InChI=1S/C3H4ClNO.Na.H/c4-1-3(6)2-5;;/h3,6H,1H2;;. The fraction of sp³-hybridized carbons (Fsp3) is 0.667. The van der Waals surface area contributed by atoms with Gasteiger partial charge in [0, 0.05) is 0 Å². The normalized spacial score (nSPS) is 11.0. The second kappa shape index (κ2) is 6.74. The van der Waals surface area contributed by atoms with Gasteiger partial charge in [0.2, 0.25) is 0 Å². The Hall–Kier alpha value is 0.740. The number of aliphatic hydroxyl groups excluding tert-OH is 1. The Morgan fingerprint density at radius 2 is 2.29 bits per heavy atom. The van der Waals surface area contributed by atoms with Crippen molar-refractivity contribution in [3.05, 3.63) is 0 Å². The van der Waals surface area contributed by atoms with Crippen molar-refractivity contribution in [2.45, 2.75) is 6.10 Å². The van der Waals surface area contributed by atoms with Crippen LogP contribution in [0.1, 0.15) is 0 Å². The molecule has 1 atom stereocenters. The van der Waals surface area contributed by atoms with Gasteiger partial charge in [-0.05, 0) is 0 Å². The molecule has 1 unspecified atom stereocenters. The van der Waals surface area contributed by atoms with Gasteiger partial charge in [-0.3, -0.25) is 0 Å². The molecule has 4 heteroatoms. The molecule has 0 amide bonds. The summed E-state index contributed by atoms with van der Waals surface area (Å²) < 4.78 is 0. The molecule has 0 aromatic rings. The van der Waals surface area contributed by atoms with Crippen LogP contribution in [0.15, 0.2) is 0 Å². The average Bonchev–Trinajstić information content (AvgIpc) is 1.65. The van der Waals surface area contributed by atoms with E-state index in [0.717, 1.165) is 0 Å². The zero-order valence-electron chi connectivity index (χ0n) is 3.06. The van der Waals surface area contributed by atoms with Crippen molar-refractivity contribution < 1.29 is 5.11 Å². The van der Waals surface area contributed by atoms with Crippen molar-refractivity contribution in [1.29, 1.82) is 5.26 Å². The van der Waals surface area contributed by atoms with Crippen molar-refractivity contribution in [2.24, 2.45) is 0 Å². The molecule has 0 aromatic carbocycles. The Bertz CT molecular complexity index is 71.8. The molecule has 0 heterocycles. The van der Waals surface area contributed by atoms with Gasteiger partial charge in [0.25, 0.3) is 0 Å². The predicted molar refractivity (Wildman–Crippen MR) is 29.5 cm³/mol. The minimum atomic E-state index is -0.994. The van der Waals surface area contributed by atoms with Crippen LogP contribution in [0, 0.1) is 11.3 Å². The van der Waals surface area contributed by atoms with Crippen LogP contribution in [0.5, 0.6) is 0 Å². The summed E-state index contributed by atoms with van der Waals surface area (Å²) in [6, 6.07) is 1.54. The van der Waals surface area contributed by atoms with E-state index in [2.05, 4.69) is 0 Å². The molecule has 0 bridgehead atoms. The van der Waals surface area contributed by atoms with Gasteiger partial charge in [0.05, 0.1) is 11.9 Å². The Balaban J connectivity index is 0. The summed E-state index contributed by atoms with van der Waals surface area (Å²) in [5, 5.41) is 15.9. The molecule has 0 saturated heterocycles. The maximum atomic E-state index is 8.17. The number of nitriles is 1. The molecule has 0 aliphatic rings. The molecule has 36 valence electrons. The SMILES string of the molecule is N#CC(O)CCl.[NaH]. The quantitative estimate of drug-likeness (QED) is 0.294. The third kappa shape index (κ3) is 6.74. The number of hydrogen-bond donors (Lipinski definition) is 1. The van der Waals surface area contributed by atoms with Gasteiger partial charge >= 0.3 is 29.6 Å². The molecule has 0 aromatic heterocycles. The molecular weight excluding hydrogens is 124 g/mol. The van der Waals surface area contributed by atoms with Crippen LogP contribution >= 0.6 is 11.6 Å². The predicted octanol–water partition coefficient (Wildman–Crippen LogP) is -0.539. The number of nitrogens with zero attached hydrogens (tertiary/aromatic N) is 1. The van der Waals surface area contributed by atoms with E-state index in [9.17, 15) is 0 Å². The fourth-order valence-electron chi connectivity index (χ4n) is 0.0345. The first-order chi connectivity index (χ1) is 2.81. The van der Waals surface area contributed by atoms with Crippen LogP contribution in [-0.4, -0.2) is 46.6 Å². The minimum absolute atomic E-state index is 0. The van der Waals surface area contributed by atoms with Gasteiger partial charge in [-0.15, -0.1) is 11.6 Å². The van der Waals surface area contributed by atoms with Crippen molar-refractivity contribution in [3.63, 3.8) is 0 Å². The van der Waals surface area contributed by atoms with E-state index in [0.29, 0.717) is 0 Å². The summed E-state index contributed by atoms with van der Waals surface area (Å²) in [6.45, 7) is 0. The molecule has 1 N–H and O–H groups in total. The Kier molecular flexibility index (Phi) is 10.3. The van der Waals surface area contributed by atoms with Crippen LogP contribution in [0.3, 0.4) is 0 Å². The van der Waals surface area contributed by atoms with E-state index < -0.39 is 6.10 Å². The molecule has 7 heavy (non-hydrogen) atoms.